The zero-order valence-electron chi connectivity index (χ0n) is 17.5. The number of hydrogen-bond acceptors (Lipinski definition) is 3. The Morgan fingerprint density at radius 3 is 2.04 bits per heavy atom. The van der Waals surface area contributed by atoms with Crippen LogP contribution in [0.5, 0.6) is 0 Å². The number of aryl methyl sites for hydroxylation is 1. The van der Waals surface area contributed by atoms with Crippen molar-refractivity contribution < 1.29 is 9.31 Å². The minimum atomic E-state index is -1.63. The predicted octanol–water partition coefficient (Wildman–Crippen LogP) is 4.09. The van der Waals surface area contributed by atoms with Crippen molar-refractivity contribution in [3.05, 3.63) is 23.5 Å². The third-order valence-corrected chi connectivity index (χ3v) is 10.5. The van der Waals surface area contributed by atoms with Gasteiger partial charge in [-0.15, -0.1) is 5.54 Å². The van der Waals surface area contributed by atoms with Gasteiger partial charge < -0.3 is 9.31 Å². The summed E-state index contributed by atoms with van der Waals surface area (Å²) in [6.07, 6.45) is 1.85. The lowest BCUT2D eigenvalue weighted by Crippen LogP contribution is -2.41. The molecule has 1 saturated heterocycles. The normalized spacial score (nSPS) is 19.5. The second-order valence-corrected chi connectivity index (χ2v) is 14.6. The molecule has 0 amide bonds. The lowest BCUT2D eigenvalue weighted by molar-refractivity contribution is 0.00578. The summed E-state index contributed by atoms with van der Waals surface area (Å²) in [5.41, 5.74) is 5.75. The van der Waals surface area contributed by atoms with Crippen molar-refractivity contribution in [2.45, 2.75) is 84.7 Å². The van der Waals surface area contributed by atoms with Crippen LogP contribution in [-0.4, -0.2) is 31.4 Å². The van der Waals surface area contributed by atoms with Crippen LogP contribution in [0.1, 0.15) is 59.7 Å². The van der Waals surface area contributed by atoms with Gasteiger partial charge in [-0.25, -0.2) is 4.98 Å². The van der Waals surface area contributed by atoms with E-state index in [4.69, 9.17) is 9.31 Å². The van der Waals surface area contributed by atoms with Crippen LogP contribution in [0.15, 0.2) is 12.3 Å². The molecular weight excluding hydrogens is 325 g/mol. The van der Waals surface area contributed by atoms with Crippen LogP contribution >= 0.6 is 0 Å². The van der Waals surface area contributed by atoms with Gasteiger partial charge in [-0.1, -0.05) is 39.8 Å². The summed E-state index contributed by atoms with van der Waals surface area (Å²) in [4.78, 5) is 4.55. The van der Waals surface area contributed by atoms with Crippen molar-refractivity contribution >= 4 is 20.7 Å². The average molecular weight is 357 g/mol. The van der Waals surface area contributed by atoms with E-state index in [0.717, 1.165) is 16.7 Å². The highest BCUT2D eigenvalue weighted by Crippen LogP contribution is 2.37. The molecule has 0 spiro atoms. The Balaban J connectivity index is 2.27. The molecule has 25 heavy (non-hydrogen) atoms. The third kappa shape index (κ3) is 4.02. The first-order valence-corrected chi connectivity index (χ1v) is 12.0. The van der Waals surface area contributed by atoms with Gasteiger partial charge in [0.1, 0.15) is 13.8 Å². The number of nitrogens with zero attached hydrogens (tertiary/aromatic N) is 1. The van der Waals surface area contributed by atoms with Crippen LogP contribution in [0.2, 0.25) is 18.1 Å². The van der Waals surface area contributed by atoms with E-state index < -0.39 is 8.07 Å². The molecule has 0 unspecified atom stereocenters. The topological polar surface area (TPSA) is 31.4 Å². The molecule has 0 atom stereocenters. The highest BCUT2D eigenvalue weighted by atomic mass is 28.3. The van der Waals surface area contributed by atoms with Crippen molar-refractivity contribution in [1.82, 2.24) is 4.98 Å². The molecule has 136 valence electrons. The molecule has 0 N–H and O–H groups in total. The van der Waals surface area contributed by atoms with Gasteiger partial charge in [0.25, 0.3) is 0 Å². The molecule has 0 aliphatic carbocycles. The van der Waals surface area contributed by atoms with Crippen molar-refractivity contribution in [3.63, 3.8) is 0 Å². The van der Waals surface area contributed by atoms with Crippen LogP contribution < -0.4 is 5.46 Å². The Labute approximate surface area is 155 Å². The van der Waals surface area contributed by atoms with Crippen LogP contribution in [0, 0.1) is 18.4 Å². The van der Waals surface area contributed by atoms with Gasteiger partial charge in [0.15, 0.2) is 0 Å². The first-order valence-electron chi connectivity index (χ1n) is 9.02. The zero-order valence-corrected chi connectivity index (χ0v) is 18.5. The van der Waals surface area contributed by atoms with Crippen molar-refractivity contribution in [1.29, 1.82) is 0 Å². The highest BCUT2D eigenvalue weighted by molar-refractivity contribution is 6.87. The number of pyridine rings is 1. The molecule has 0 saturated carbocycles. The highest BCUT2D eigenvalue weighted by Gasteiger charge is 2.52. The van der Waals surface area contributed by atoms with E-state index in [1.807, 2.05) is 12.3 Å². The summed E-state index contributed by atoms with van der Waals surface area (Å²) in [5, 5.41) is 0.248. The van der Waals surface area contributed by atoms with Crippen LogP contribution in [0.25, 0.3) is 0 Å². The molecule has 1 aromatic heterocycles. The maximum atomic E-state index is 6.14. The predicted molar refractivity (Wildman–Crippen MR) is 109 cm³/mol. The maximum absolute atomic E-state index is 6.14. The van der Waals surface area contributed by atoms with Gasteiger partial charge >= 0.3 is 7.12 Å². The summed E-state index contributed by atoms with van der Waals surface area (Å²) in [7, 11) is -2.01. The van der Waals surface area contributed by atoms with Crippen LogP contribution in [-0.2, 0) is 9.31 Å². The van der Waals surface area contributed by atoms with Gasteiger partial charge in [0.05, 0.1) is 11.2 Å². The van der Waals surface area contributed by atoms with Gasteiger partial charge in [-0.3, -0.25) is 0 Å². The molecule has 2 rings (SSSR count). The van der Waals surface area contributed by atoms with E-state index in [1.54, 1.807) is 0 Å². The molecule has 0 aromatic carbocycles. The van der Waals surface area contributed by atoms with E-state index in [1.165, 1.54) is 0 Å². The molecular formula is C20H32BNO2Si. The third-order valence-electron chi connectivity index (χ3n) is 6.04. The van der Waals surface area contributed by atoms with E-state index in [2.05, 4.69) is 84.9 Å². The number of aromatic nitrogens is 1. The molecule has 0 bridgehead atoms. The summed E-state index contributed by atoms with van der Waals surface area (Å²) in [6.45, 7) is 21.8. The minimum Gasteiger partial charge on any atom is -0.399 e. The standard InChI is InChI=1S/C20H32BNO2Si/c1-15-13-16(11-12-25(9,10)18(2,3)4)22-14-17(15)21-23-19(5,6)20(7,8)24-21/h13-14H,1-10H3. The summed E-state index contributed by atoms with van der Waals surface area (Å²) < 4.78 is 12.3. The van der Waals surface area contributed by atoms with Gasteiger partial charge in [0.2, 0.25) is 0 Å². The quantitative estimate of drug-likeness (QED) is 0.560. The molecule has 0 radical (unpaired) electrons. The van der Waals surface area contributed by atoms with E-state index in [-0.39, 0.29) is 23.4 Å². The Kier molecular flexibility index (Phi) is 5.07. The first kappa shape index (κ1) is 20.2. The second kappa shape index (κ2) is 6.26. The SMILES string of the molecule is Cc1cc(C#C[Si](C)(C)C(C)(C)C)ncc1B1OC(C)(C)C(C)(C)O1. The van der Waals surface area contributed by atoms with Crippen LogP contribution in [0.4, 0.5) is 0 Å². The van der Waals surface area contributed by atoms with Gasteiger partial charge in [-0.2, -0.15) is 0 Å². The summed E-state index contributed by atoms with van der Waals surface area (Å²) >= 11 is 0. The monoisotopic (exact) mass is 357 g/mol. The summed E-state index contributed by atoms with van der Waals surface area (Å²) in [5.74, 6) is 3.30. The smallest absolute Gasteiger partial charge is 0.399 e. The van der Waals surface area contributed by atoms with Crippen molar-refractivity contribution in [3.8, 4) is 11.5 Å². The Morgan fingerprint density at radius 1 is 1.08 bits per heavy atom. The maximum Gasteiger partial charge on any atom is 0.496 e. The molecule has 3 nitrogen and oxygen atoms in total. The fraction of sp³-hybridized carbons (Fsp3) is 0.650. The first-order chi connectivity index (χ1) is 11.2. The molecule has 1 aromatic rings. The van der Waals surface area contributed by atoms with E-state index >= 15 is 0 Å². The molecule has 1 aliphatic rings. The van der Waals surface area contributed by atoms with E-state index in [9.17, 15) is 0 Å². The molecule has 1 aliphatic heterocycles. The largest absolute Gasteiger partial charge is 0.496 e. The molecule has 2 heterocycles. The lowest BCUT2D eigenvalue weighted by Gasteiger charge is -2.32. The molecule has 1 fully saturated rings. The zero-order chi connectivity index (χ0) is 19.3. The van der Waals surface area contributed by atoms with Gasteiger partial charge in [-0.05, 0) is 51.3 Å². The lowest BCUT2D eigenvalue weighted by atomic mass is 9.77. The summed E-state index contributed by atoms with van der Waals surface area (Å²) in [6, 6.07) is 2.04. The van der Waals surface area contributed by atoms with Crippen molar-refractivity contribution in [2.24, 2.45) is 0 Å². The van der Waals surface area contributed by atoms with Crippen molar-refractivity contribution in [2.75, 3.05) is 0 Å². The number of hydrogen-bond donors (Lipinski definition) is 0. The number of rotatable bonds is 1. The fourth-order valence-corrected chi connectivity index (χ4v) is 3.08. The second-order valence-electron chi connectivity index (χ2n) is 9.64. The Hall–Kier alpha value is -1.09. The Bertz CT molecular complexity index is 707. The minimum absolute atomic E-state index is 0.248. The van der Waals surface area contributed by atoms with Gasteiger partial charge in [0, 0.05) is 11.7 Å². The van der Waals surface area contributed by atoms with Crippen LogP contribution in [0.3, 0.4) is 0 Å². The average Bonchev–Trinajstić information content (AvgIpc) is 2.64. The Morgan fingerprint density at radius 2 is 1.60 bits per heavy atom. The van der Waals surface area contributed by atoms with E-state index in [0.29, 0.717) is 0 Å². The molecule has 5 heteroatoms. The fourth-order valence-electron chi connectivity index (χ4n) is 2.26.